The average molecular weight is 326 g/mol. The maximum absolute atomic E-state index is 13.0. The maximum Gasteiger partial charge on any atom is 0.141 e. The van der Waals surface area contributed by atoms with Crippen LogP contribution in [-0.4, -0.2) is 34.5 Å². The largest absolute Gasteiger partial charge is 0.340 e. The minimum atomic E-state index is -0.325. The van der Waals surface area contributed by atoms with Crippen LogP contribution in [0.2, 0.25) is 0 Å². The lowest BCUT2D eigenvalue weighted by Crippen LogP contribution is -2.23. The van der Waals surface area contributed by atoms with E-state index in [9.17, 15) is 4.39 Å². The van der Waals surface area contributed by atoms with Gasteiger partial charge in [0.15, 0.2) is 0 Å². The molecule has 5 heteroatoms. The molecule has 1 aliphatic carbocycles. The van der Waals surface area contributed by atoms with Gasteiger partial charge in [0, 0.05) is 36.1 Å². The Balaban J connectivity index is 1.47. The fraction of sp³-hybridized carbons (Fsp3) is 0.474. The Morgan fingerprint density at radius 3 is 2.88 bits per heavy atom. The molecular formula is C19H23FN4. The third-order valence-electron chi connectivity index (χ3n) is 4.88. The van der Waals surface area contributed by atoms with Crippen molar-refractivity contribution in [3.05, 3.63) is 47.7 Å². The number of aryl methyl sites for hydroxylation is 1. The van der Waals surface area contributed by atoms with Crippen LogP contribution in [0.1, 0.15) is 36.6 Å². The normalized spacial score (nSPS) is 21.2. The van der Waals surface area contributed by atoms with Gasteiger partial charge in [-0.05, 0) is 62.9 Å². The van der Waals surface area contributed by atoms with E-state index in [1.165, 1.54) is 44.6 Å². The molecule has 0 spiro atoms. The van der Waals surface area contributed by atoms with Gasteiger partial charge in [0.2, 0.25) is 0 Å². The molecule has 1 N–H and O–H groups in total. The van der Waals surface area contributed by atoms with Crippen molar-refractivity contribution in [2.24, 2.45) is 5.92 Å². The molecule has 2 aromatic rings. The molecule has 126 valence electrons. The molecule has 0 radical (unpaired) electrons. The van der Waals surface area contributed by atoms with Gasteiger partial charge in [-0.3, -0.25) is 4.98 Å². The third kappa shape index (κ3) is 3.73. The molecule has 2 aromatic heterocycles. The van der Waals surface area contributed by atoms with E-state index in [1.54, 1.807) is 6.07 Å². The number of hydrogen-bond acceptors (Lipinski definition) is 4. The quantitative estimate of drug-likeness (QED) is 0.906. The maximum atomic E-state index is 13.0. The monoisotopic (exact) mass is 326 g/mol. The highest BCUT2D eigenvalue weighted by Crippen LogP contribution is 2.34. The molecule has 1 saturated carbocycles. The number of likely N-dealkylation sites (tertiary alicyclic amines) is 1. The zero-order chi connectivity index (χ0) is 16.5. The van der Waals surface area contributed by atoms with Crippen LogP contribution in [-0.2, 0) is 0 Å². The number of anilines is 2. The van der Waals surface area contributed by atoms with Gasteiger partial charge in [-0.25, -0.2) is 9.37 Å². The van der Waals surface area contributed by atoms with E-state index >= 15 is 0 Å². The Bertz CT molecular complexity index is 712. The smallest absolute Gasteiger partial charge is 0.141 e. The molecule has 1 saturated heterocycles. The third-order valence-corrected chi connectivity index (χ3v) is 4.88. The molecule has 4 nitrogen and oxygen atoms in total. The van der Waals surface area contributed by atoms with Crippen LogP contribution in [0.3, 0.4) is 0 Å². The van der Waals surface area contributed by atoms with Gasteiger partial charge in [0.25, 0.3) is 0 Å². The first kappa shape index (κ1) is 15.5. The van der Waals surface area contributed by atoms with Crippen LogP contribution in [0.25, 0.3) is 0 Å². The SMILES string of the molecule is Cc1cc(Nc2ccc(F)cn2)cc(C2CCN(CC3CC3)C2)n1. The number of halogens is 1. The van der Waals surface area contributed by atoms with Crippen molar-refractivity contribution in [3.63, 3.8) is 0 Å². The highest BCUT2D eigenvalue weighted by molar-refractivity contribution is 5.57. The molecule has 2 aliphatic rings. The summed E-state index contributed by atoms with van der Waals surface area (Å²) in [6.45, 7) is 5.57. The lowest BCUT2D eigenvalue weighted by Gasteiger charge is -2.16. The number of rotatable bonds is 5. The molecule has 0 bridgehead atoms. The molecule has 2 fully saturated rings. The van der Waals surface area contributed by atoms with Gasteiger partial charge >= 0.3 is 0 Å². The number of nitrogens with one attached hydrogen (secondary N) is 1. The predicted octanol–water partition coefficient (Wildman–Crippen LogP) is 3.87. The summed E-state index contributed by atoms with van der Waals surface area (Å²) in [5, 5.41) is 3.26. The van der Waals surface area contributed by atoms with Gasteiger partial charge in [0.05, 0.1) is 6.20 Å². The molecule has 1 unspecified atom stereocenters. The standard InChI is InChI=1S/C19H23FN4/c1-13-8-17(23-19-5-4-16(20)10-21-19)9-18(22-13)15-6-7-24(12-15)11-14-2-3-14/h4-5,8-10,14-15H,2-3,6-7,11-12H2,1H3,(H,21,22,23). The zero-order valence-electron chi connectivity index (χ0n) is 14.0. The number of hydrogen-bond donors (Lipinski definition) is 1. The van der Waals surface area contributed by atoms with Crippen molar-refractivity contribution in [3.8, 4) is 0 Å². The van der Waals surface area contributed by atoms with E-state index < -0.39 is 0 Å². The van der Waals surface area contributed by atoms with Gasteiger partial charge in [-0.15, -0.1) is 0 Å². The van der Waals surface area contributed by atoms with Crippen LogP contribution < -0.4 is 5.32 Å². The predicted molar refractivity (Wildman–Crippen MR) is 93.0 cm³/mol. The summed E-state index contributed by atoms with van der Waals surface area (Å²) in [5.74, 6) is 1.77. The molecular weight excluding hydrogens is 303 g/mol. The van der Waals surface area contributed by atoms with Crippen LogP contribution in [0.4, 0.5) is 15.9 Å². The topological polar surface area (TPSA) is 41.1 Å². The van der Waals surface area contributed by atoms with Crippen LogP contribution in [0, 0.1) is 18.7 Å². The second-order valence-corrected chi connectivity index (χ2v) is 7.10. The Hall–Kier alpha value is -2.01. The zero-order valence-corrected chi connectivity index (χ0v) is 14.0. The minimum Gasteiger partial charge on any atom is -0.340 e. The van der Waals surface area contributed by atoms with E-state index in [-0.39, 0.29) is 5.82 Å². The Labute approximate surface area is 142 Å². The second-order valence-electron chi connectivity index (χ2n) is 7.10. The second kappa shape index (κ2) is 6.48. The van der Waals surface area contributed by atoms with E-state index in [4.69, 9.17) is 4.98 Å². The van der Waals surface area contributed by atoms with Crippen molar-refractivity contribution in [1.82, 2.24) is 14.9 Å². The Morgan fingerprint density at radius 2 is 2.12 bits per heavy atom. The Morgan fingerprint density at radius 1 is 1.25 bits per heavy atom. The first-order chi connectivity index (χ1) is 11.7. The fourth-order valence-electron chi connectivity index (χ4n) is 3.48. The molecule has 1 aliphatic heterocycles. The van der Waals surface area contributed by atoms with Crippen molar-refractivity contribution >= 4 is 11.5 Å². The lowest BCUT2D eigenvalue weighted by atomic mass is 10.0. The van der Waals surface area contributed by atoms with E-state index in [2.05, 4.69) is 21.3 Å². The van der Waals surface area contributed by atoms with E-state index in [0.29, 0.717) is 11.7 Å². The summed E-state index contributed by atoms with van der Waals surface area (Å²) in [6.07, 6.45) is 5.21. The van der Waals surface area contributed by atoms with Gasteiger partial charge < -0.3 is 10.2 Å². The van der Waals surface area contributed by atoms with Crippen molar-refractivity contribution in [2.45, 2.75) is 32.1 Å². The number of aromatic nitrogens is 2. The van der Waals surface area contributed by atoms with E-state index in [1.807, 2.05) is 13.0 Å². The summed E-state index contributed by atoms with van der Waals surface area (Å²) >= 11 is 0. The van der Waals surface area contributed by atoms with Crippen molar-refractivity contribution in [2.75, 3.05) is 25.0 Å². The van der Waals surface area contributed by atoms with Gasteiger partial charge in [-0.2, -0.15) is 0 Å². The van der Waals surface area contributed by atoms with Crippen LogP contribution in [0.15, 0.2) is 30.5 Å². The highest BCUT2D eigenvalue weighted by atomic mass is 19.1. The first-order valence-electron chi connectivity index (χ1n) is 8.75. The van der Waals surface area contributed by atoms with Gasteiger partial charge in [-0.1, -0.05) is 0 Å². The molecule has 24 heavy (non-hydrogen) atoms. The molecule has 0 aromatic carbocycles. The fourth-order valence-corrected chi connectivity index (χ4v) is 3.48. The summed E-state index contributed by atoms with van der Waals surface area (Å²) in [4.78, 5) is 11.4. The average Bonchev–Trinajstić information content (AvgIpc) is 3.24. The summed E-state index contributed by atoms with van der Waals surface area (Å²) < 4.78 is 13.0. The number of nitrogens with zero attached hydrogens (tertiary/aromatic N) is 3. The van der Waals surface area contributed by atoms with Gasteiger partial charge in [0.1, 0.15) is 11.6 Å². The summed E-state index contributed by atoms with van der Waals surface area (Å²) in [7, 11) is 0. The molecule has 4 rings (SSSR count). The van der Waals surface area contributed by atoms with Crippen LogP contribution >= 0.6 is 0 Å². The first-order valence-corrected chi connectivity index (χ1v) is 8.75. The minimum absolute atomic E-state index is 0.325. The summed E-state index contributed by atoms with van der Waals surface area (Å²) in [6, 6.07) is 7.18. The molecule has 3 heterocycles. The molecule has 0 amide bonds. The highest BCUT2D eigenvalue weighted by Gasteiger charge is 2.30. The van der Waals surface area contributed by atoms with Crippen molar-refractivity contribution < 1.29 is 4.39 Å². The Kier molecular flexibility index (Phi) is 4.19. The van der Waals surface area contributed by atoms with E-state index in [0.717, 1.165) is 29.5 Å². The van der Waals surface area contributed by atoms with Crippen LogP contribution in [0.5, 0.6) is 0 Å². The summed E-state index contributed by atoms with van der Waals surface area (Å²) in [5.41, 5.74) is 3.12. The number of pyridine rings is 2. The lowest BCUT2D eigenvalue weighted by molar-refractivity contribution is 0.320. The van der Waals surface area contributed by atoms with Crippen molar-refractivity contribution in [1.29, 1.82) is 0 Å². The molecule has 1 atom stereocenters.